The van der Waals surface area contributed by atoms with Crippen LogP contribution in [0.4, 0.5) is 0 Å². The zero-order valence-corrected chi connectivity index (χ0v) is 18.2. The number of fused-ring (bicyclic) bond motifs is 1. The van der Waals surface area contributed by atoms with Crippen LogP contribution in [0, 0.1) is 0 Å². The summed E-state index contributed by atoms with van der Waals surface area (Å²) in [5.74, 6) is 0. The predicted molar refractivity (Wildman–Crippen MR) is 115 cm³/mol. The van der Waals surface area contributed by atoms with Crippen molar-refractivity contribution in [3.05, 3.63) is 63.6 Å². The van der Waals surface area contributed by atoms with E-state index in [0.29, 0.717) is 9.92 Å². The minimum Gasteiger partial charge on any atom is -0.299 e. The zero-order valence-electron chi connectivity index (χ0n) is 15.8. The molecule has 0 atom stereocenters. The maximum absolute atomic E-state index is 13.2. The largest absolute Gasteiger partial charge is 0.299 e. The highest BCUT2D eigenvalue weighted by atomic mass is 35.5. The van der Waals surface area contributed by atoms with E-state index in [-0.39, 0.29) is 0 Å². The molecule has 6 heteroatoms. The van der Waals surface area contributed by atoms with Gasteiger partial charge in [-0.2, -0.15) is 0 Å². The second-order valence-electron chi connectivity index (χ2n) is 8.01. The molecule has 0 aromatic heterocycles. The van der Waals surface area contributed by atoms with Crippen LogP contribution < -0.4 is 0 Å². The molecule has 0 unspecified atom stereocenters. The molecule has 3 nitrogen and oxygen atoms in total. The summed E-state index contributed by atoms with van der Waals surface area (Å²) in [6.07, 6.45) is 5.08. The lowest BCUT2D eigenvalue weighted by molar-refractivity contribution is 0.230. The molecule has 0 saturated heterocycles. The van der Waals surface area contributed by atoms with E-state index in [0.717, 1.165) is 63.2 Å². The van der Waals surface area contributed by atoms with E-state index >= 15 is 0 Å². The Hall–Kier alpha value is -1.07. The highest BCUT2D eigenvalue weighted by Crippen LogP contribution is 2.46. The summed E-state index contributed by atoms with van der Waals surface area (Å²) in [6, 6.07) is 12.7. The van der Waals surface area contributed by atoms with Crippen LogP contribution in [0.2, 0.25) is 10.0 Å². The third-order valence-corrected chi connectivity index (χ3v) is 9.52. The highest BCUT2D eigenvalue weighted by molar-refractivity contribution is 7.93. The van der Waals surface area contributed by atoms with Gasteiger partial charge in [-0.25, -0.2) is 8.42 Å². The number of benzene rings is 2. The van der Waals surface area contributed by atoms with Gasteiger partial charge < -0.3 is 0 Å². The Bertz CT molecular complexity index is 956. The number of sulfone groups is 1. The van der Waals surface area contributed by atoms with Gasteiger partial charge in [0.1, 0.15) is 0 Å². The maximum Gasteiger partial charge on any atom is 0.184 e. The fourth-order valence-electron chi connectivity index (χ4n) is 4.56. The molecule has 1 aliphatic carbocycles. The second kappa shape index (κ2) is 7.98. The Morgan fingerprint density at radius 1 is 1.07 bits per heavy atom. The third kappa shape index (κ3) is 3.72. The van der Waals surface area contributed by atoms with E-state index in [1.54, 1.807) is 24.3 Å². The molecule has 0 amide bonds. The Morgan fingerprint density at radius 3 is 2.50 bits per heavy atom. The lowest BCUT2D eigenvalue weighted by Crippen LogP contribution is -2.45. The average molecular weight is 438 g/mol. The van der Waals surface area contributed by atoms with Crippen molar-refractivity contribution in [2.24, 2.45) is 0 Å². The lowest BCUT2D eigenvalue weighted by atomic mass is 9.81. The molecule has 0 N–H and O–H groups in total. The van der Waals surface area contributed by atoms with Crippen molar-refractivity contribution in [3.63, 3.8) is 0 Å². The molecule has 1 aliphatic heterocycles. The third-order valence-electron chi connectivity index (χ3n) is 6.32. The van der Waals surface area contributed by atoms with Gasteiger partial charge >= 0.3 is 0 Å². The zero-order chi connectivity index (χ0) is 19.8. The molecular formula is C22H25Cl2NO2S. The fraction of sp³-hybridized carbons (Fsp3) is 0.455. The van der Waals surface area contributed by atoms with Crippen LogP contribution in [0.25, 0.3) is 0 Å². The highest BCUT2D eigenvalue weighted by Gasteiger charge is 2.48. The molecule has 4 rings (SSSR count). The van der Waals surface area contributed by atoms with E-state index in [9.17, 15) is 8.42 Å². The van der Waals surface area contributed by atoms with Crippen LogP contribution in [0.3, 0.4) is 0 Å². The number of hydrogen-bond donors (Lipinski definition) is 0. The molecule has 28 heavy (non-hydrogen) atoms. The monoisotopic (exact) mass is 437 g/mol. The van der Waals surface area contributed by atoms with Crippen LogP contribution in [0.5, 0.6) is 0 Å². The van der Waals surface area contributed by atoms with Crippen molar-refractivity contribution in [1.29, 1.82) is 0 Å². The molecule has 2 aliphatic rings. The van der Waals surface area contributed by atoms with E-state index in [1.807, 2.05) is 18.2 Å². The topological polar surface area (TPSA) is 37.4 Å². The van der Waals surface area contributed by atoms with Gasteiger partial charge in [0.05, 0.1) is 9.64 Å². The quantitative estimate of drug-likeness (QED) is 0.595. The van der Waals surface area contributed by atoms with Gasteiger partial charge in [-0.1, -0.05) is 47.8 Å². The van der Waals surface area contributed by atoms with Crippen LogP contribution >= 0.6 is 23.2 Å². The van der Waals surface area contributed by atoms with Crippen LogP contribution in [-0.4, -0.2) is 31.2 Å². The fourth-order valence-corrected chi connectivity index (χ4v) is 7.44. The molecule has 2 aromatic carbocycles. The summed E-state index contributed by atoms with van der Waals surface area (Å²) >= 11 is 12.5. The molecule has 0 bridgehead atoms. The summed E-state index contributed by atoms with van der Waals surface area (Å²) in [7, 11) is -3.28. The first-order valence-electron chi connectivity index (χ1n) is 9.90. The normalized spacial score (nSPS) is 19.1. The lowest BCUT2D eigenvalue weighted by Gasteiger charge is -2.41. The van der Waals surface area contributed by atoms with Crippen molar-refractivity contribution in [1.82, 2.24) is 4.90 Å². The number of rotatable bonds is 6. The molecular weight excluding hydrogens is 413 g/mol. The first-order valence-corrected chi connectivity index (χ1v) is 12.1. The standard InChI is InChI=1S/C22H25Cl2NO2S/c23-18-14-17-16-25(13-8-20(17)21(24)15-18)12-5-11-22(9-4-10-22)28(26,27)19-6-2-1-3-7-19/h1-3,6-7,14-15H,4-5,8-13,16H2. The summed E-state index contributed by atoms with van der Waals surface area (Å²) in [6.45, 7) is 2.68. The van der Waals surface area contributed by atoms with Gasteiger partial charge in [0.25, 0.3) is 0 Å². The van der Waals surface area contributed by atoms with Crippen LogP contribution in [-0.2, 0) is 22.8 Å². The minimum absolute atomic E-state index is 0.464. The minimum atomic E-state index is -3.28. The summed E-state index contributed by atoms with van der Waals surface area (Å²) < 4.78 is 25.9. The molecule has 0 spiro atoms. The Morgan fingerprint density at radius 2 is 1.82 bits per heavy atom. The van der Waals surface area contributed by atoms with Gasteiger partial charge in [0.15, 0.2) is 9.84 Å². The van der Waals surface area contributed by atoms with E-state index in [4.69, 9.17) is 23.2 Å². The first kappa shape index (κ1) is 20.2. The second-order valence-corrected chi connectivity index (χ2v) is 11.2. The van der Waals surface area contributed by atoms with Gasteiger partial charge in [-0.05, 0) is 74.0 Å². The van der Waals surface area contributed by atoms with E-state index in [1.165, 1.54) is 11.1 Å². The predicted octanol–water partition coefficient (Wildman–Crippen LogP) is 5.53. The Labute approximate surface area is 177 Å². The first-order chi connectivity index (χ1) is 13.4. The maximum atomic E-state index is 13.2. The average Bonchev–Trinajstić information content (AvgIpc) is 2.64. The Kier molecular flexibility index (Phi) is 5.76. The Balaban J connectivity index is 1.41. The SMILES string of the molecule is O=S(=O)(c1ccccc1)C1(CCCN2CCc3c(Cl)cc(Cl)cc3C2)CCC1. The van der Waals surface area contributed by atoms with Crippen molar-refractivity contribution >= 4 is 33.0 Å². The van der Waals surface area contributed by atoms with E-state index < -0.39 is 14.6 Å². The van der Waals surface area contributed by atoms with Gasteiger partial charge in [0.2, 0.25) is 0 Å². The number of halogens is 2. The molecule has 0 radical (unpaired) electrons. The molecule has 2 aromatic rings. The smallest absolute Gasteiger partial charge is 0.184 e. The van der Waals surface area contributed by atoms with Gasteiger partial charge in [-0.3, -0.25) is 4.90 Å². The van der Waals surface area contributed by atoms with Crippen molar-refractivity contribution in [3.8, 4) is 0 Å². The van der Waals surface area contributed by atoms with Crippen LogP contribution in [0.1, 0.15) is 43.2 Å². The van der Waals surface area contributed by atoms with Crippen molar-refractivity contribution < 1.29 is 8.42 Å². The summed E-state index contributed by atoms with van der Waals surface area (Å²) in [4.78, 5) is 2.85. The molecule has 150 valence electrons. The van der Waals surface area contributed by atoms with Gasteiger partial charge in [-0.15, -0.1) is 0 Å². The van der Waals surface area contributed by atoms with E-state index in [2.05, 4.69) is 4.90 Å². The van der Waals surface area contributed by atoms with Crippen molar-refractivity contribution in [2.75, 3.05) is 13.1 Å². The number of hydrogen-bond acceptors (Lipinski definition) is 3. The number of nitrogens with zero attached hydrogens (tertiary/aromatic N) is 1. The molecule has 1 heterocycles. The molecule has 1 saturated carbocycles. The summed E-state index contributed by atoms with van der Waals surface area (Å²) in [5.41, 5.74) is 2.39. The van der Waals surface area contributed by atoms with Gasteiger partial charge in [0, 0.05) is 23.1 Å². The van der Waals surface area contributed by atoms with Crippen LogP contribution in [0.15, 0.2) is 47.4 Å². The summed E-state index contributed by atoms with van der Waals surface area (Å²) in [5, 5.41) is 1.43. The molecule has 1 fully saturated rings. The van der Waals surface area contributed by atoms with Crippen molar-refractivity contribution in [2.45, 2.75) is 54.7 Å².